The number of benzene rings is 1. The summed E-state index contributed by atoms with van der Waals surface area (Å²) < 4.78 is 32.5. The van der Waals surface area contributed by atoms with E-state index in [2.05, 4.69) is 6.07 Å². The van der Waals surface area contributed by atoms with E-state index in [0.29, 0.717) is 18.5 Å². The lowest BCUT2D eigenvalue weighted by molar-refractivity contribution is 0.357. The van der Waals surface area contributed by atoms with Crippen LogP contribution in [-0.4, -0.2) is 37.2 Å². The molecule has 21 heavy (non-hydrogen) atoms. The second kappa shape index (κ2) is 4.99. The first-order valence-corrected chi connectivity index (χ1v) is 9.50. The summed E-state index contributed by atoms with van der Waals surface area (Å²) in [4.78, 5) is 0. The Bertz CT molecular complexity index is 635. The number of hydrogen-bond acceptors (Lipinski definition) is 3. The average Bonchev–Trinajstić information content (AvgIpc) is 3.38. The van der Waals surface area contributed by atoms with Crippen LogP contribution in [0.1, 0.15) is 36.8 Å². The van der Waals surface area contributed by atoms with Crippen molar-refractivity contribution in [2.24, 2.45) is 0 Å². The molecule has 0 aromatic heterocycles. The topological polar surface area (TPSA) is 46.6 Å². The number of fused-ring (bicyclic) bond motifs is 1. The van der Waals surface area contributed by atoms with Gasteiger partial charge in [0.1, 0.15) is 5.75 Å². The van der Waals surface area contributed by atoms with Crippen molar-refractivity contribution in [1.82, 2.24) is 4.31 Å². The van der Waals surface area contributed by atoms with E-state index >= 15 is 0 Å². The van der Waals surface area contributed by atoms with Gasteiger partial charge >= 0.3 is 0 Å². The summed E-state index contributed by atoms with van der Waals surface area (Å²) in [5.41, 5.74) is 2.32. The maximum atomic E-state index is 12.6. The van der Waals surface area contributed by atoms with E-state index in [9.17, 15) is 8.42 Å². The van der Waals surface area contributed by atoms with Crippen molar-refractivity contribution >= 4 is 10.0 Å². The molecule has 0 bridgehead atoms. The normalized spacial score (nSPS) is 21.4. The Hall–Kier alpha value is -1.07. The minimum atomic E-state index is -3.11. The number of rotatable bonds is 6. The van der Waals surface area contributed by atoms with Gasteiger partial charge in [0.2, 0.25) is 10.0 Å². The van der Waals surface area contributed by atoms with Gasteiger partial charge in [0.25, 0.3) is 0 Å². The Labute approximate surface area is 126 Å². The molecule has 2 fully saturated rings. The van der Waals surface area contributed by atoms with Gasteiger partial charge in [0, 0.05) is 18.5 Å². The molecule has 0 amide bonds. The molecule has 0 atom stereocenters. The van der Waals surface area contributed by atoms with Gasteiger partial charge in [-0.25, -0.2) is 8.42 Å². The zero-order valence-corrected chi connectivity index (χ0v) is 12.9. The standard InChI is InChI=1S/C16H21NO3S/c18-21(19,17(14-2-3-14)15-4-5-15)10-8-12-1-6-16-13(11-12)7-9-20-16/h1,6,11,14-15H,2-5,7-10H2. The Morgan fingerprint density at radius 1 is 1.14 bits per heavy atom. The Morgan fingerprint density at radius 3 is 2.52 bits per heavy atom. The number of aryl methyl sites for hydroxylation is 1. The highest BCUT2D eigenvalue weighted by Crippen LogP contribution is 2.39. The van der Waals surface area contributed by atoms with Crippen LogP contribution in [0.2, 0.25) is 0 Å². The van der Waals surface area contributed by atoms with Crippen molar-refractivity contribution < 1.29 is 13.2 Å². The van der Waals surface area contributed by atoms with Crippen molar-refractivity contribution in [2.75, 3.05) is 12.4 Å². The fraction of sp³-hybridized carbons (Fsp3) is 0.625. The van der Waals surface area contributed by atoms with Crippen LogP contribution in [-0.2, 0) is 22.9 Å². The van der Waals surface area contributed by atoms with E-state index in [0.717, 1.165) is 50.0 Å². The summed E-state index contributed by atoms with van der Waals surface area (Å²) >= 11 is 0. The van der Waals surface area contributed by atoms with Gasteiger partial charge in [-0.05, 0) is 49.3 Å². The number of nitrogens with zero attached hydrogens (tertiary/aromatic N) is 1. The molecular weight excluding hydrogens is 286 g/mol. The third-order valence-electron chi connectivity index (χ3n) is 4.54. The van der Waals surface area contributed by atoms with Gasteiger partial charge in [-0.2, -0.15) is 4.31 Å². The smallest absolute Gasteiger partial charge is 0.214 e. The molecule has 0 spiro atoms. The van der Waals surface area contributed by atoms with Crippen LogP contribution in [0.5, 0.6) is 5.75 Å². The van der Waals surface area contributed by atoms with Gasteiger partial charge in [-0.15, -0.1) is 0 Å². The molecule has 4 rings (SSSR count). The third kappa shape index (κ3) is 2.81. The minimum absolute atomic E-state index is 0.236. The van der Waals surface area contributed by atoms with Crippen LogP contribution in [0.4, 0.5) is 0 Å². The molecule has 0 N–H and O–H groups in total. The predicted octanol–water partition coefficient (Wildman–Crippen LogP) is 2.12. The molecule has 114 valence electrons. The zero-order valence-electron chi connectivity index (χ0n) is 12.1. The van der Waals surface area contributed by atoms with Crippen molar-refractivity contribution in [1.29, 1.82) is 0 Å². The van der Waals surface area contributed by atoms with Gasteiger partial charge in [-0.3, -0.25) is 0 Å². The van der Waals surface area contributed by atoms with E-state index in [1.54, 1.807) is 0 Å². The number of hydrogen-bond donors (Lipinski definition) is 0. The molecule has 1 aromatic rings. The highest BCUT2D eigenvalue weighted by molar-refractivity contribution is 7.89. The van der Waals surface area contributed by atoms with E-state index in [4.69, 9.17) is 4.74 Å². The number of sulfonamides is 1. The lowest BCUT2D eigenvalue weighted by Crippen LogP contribution is -2.37. The highest BCUT2D eigenvalue weighted by Gasteiger charge is 2.45. The lowest BCUT2D eigenvalue weighted by Gasteiger charge is -2.21. The van der Waals surface area contributed by atoms with Crippen molar-refractivity contribution in [3.63, 3.8) is 0 Å². The Balaban J connectivity index is 1.45. The van der Waals surface area contributed by atoms with Crippen molar-refractivity contribution in [3.05, 3.63) is 29.3 Å². The maximum absolute atomic E-state index is 12.6. The van der Waals surface area contributed by atoms with Gasteiger partial charge in [0.15, 0.2) is 0 Å². The van der Waals surface area contributed by atoms with E-state index in [1.807, 2.05) is 16.4 Å². The summed E-state index contributed by atoms with van der Waals surface area (Å²) in [5, 5.41) is 0. The first-order valence-electron chi connectivity index (χ1n) is 7.89. The first-order chi connectivity index (χ1) is 10.1. The van der Waals surface area contributed by atoms with Crippen LogP contribution in [0.15, 0.2) is 18.2 Å². The molecule has 4 nitrogen and oxygen atoms in total. The maximum Gasteiger partial charge on any atom is 0.214 e. The molecule has 3 aliphatic rings. The summed E-state index contributed by atoms with van der Waals surface area (Å²) in [6.07, 6.45) is 5.73. The fourth-order valence-corrected chi connectivity index (χ4v) is 5.19. The van der Waals surface area contributed by atoms with Crippen molar-refractivity contribution in [2.45, 2.75) is 50.6 Å². The van der Waals surface area contributed by atoms with Gasteiger partial charge < -0.3 is 4.74 Å². The van der Waals surface area contributed by atoms with Gasteiger partial charge in [0.05, 0.1) is 12.4 Å². The van der Waals surface area contributed by atoms with Crippen LogP contribution in [0, 0.1) is 0 Å². The molecule has 2 saturated carbocycles. The predicted molar refractivity (Wildman–Crippen MR) is 81.0 cm³/mol. The average molecular weight is 307 g/mol. The summed E-state index contributed by atoms with van der Waals surface area (Å²) in [6.45, 7) is 0.744. The number of ether oxygens (including phenoxy) is 1. The van der Waals surface area contributed by atoms with E-state index < -0.39 is 10.0 Å². The van der Waals surface area contributed by atoms with Crippen LogP contribution < -0.4 is 4.74 Å². The Morgan fingerprint density at radius 2 is 1.86 bits per heavy atom. The highest BCUT2D eigenvalue weighted by atomic mass is 32.2. The molecule has 5 heteroatoms. The zero-order chi connectivity index (χ0) is 14.4. The SMILES string of the molecule is O=S(=O)(CCc1ccc2c(c1)CCO2)N(C1CC1)C1CC1. The molecule has 1 aliphatic heterocycles. The summed E-state index contributed by atoms with van der Waals surface area (Å²) in [6, 6.07) is 6.69. The first kappa shape index (κ1) is 13.6. The largest absolute Gasteiger partial charge is 0.493 e. The monoisotopic (exact) mass is 307 g/mol. The van der Waals surface area contributed by atoms with Crippen LogP contribution >= 0.6 is 0 Å². The third-order valence-corrected chi connectivity index (χ3v) is 6.50. The van der Waals surface area contributed by atoms with E-state index in [-0.39, 0.29) is 5.75 Å². The fourth-order valence-electron chi connectivity index (χ4n) is 3.16. The quantitative estimate of drug-likeness (QED) is 0.809. The summed E-state index contributed by atoms with van der Waals surface area (Å²) in [5.74, 6) is 1.19. The minimum Gasteiger partial charge on any atom is -0.493 e. The lowest BCUT2D eigenvalue weighted by atomic mass is 10.1. The summed E-state index contributed by atoms with van der Waals surface area (Å²) in [7, 11) is -3.11. The molecule has 0 saturated heterocycles. The molecule has 0 unspecified atom stereocenters. The molecule has 1 heterocycles. The van der Waals surface area contributed by atoms with Crippen molar-refractivity contribution in [3.8, 4) is 5.75 Å². The second-order valence-corrected chi connectivity index (χ2v) is 8.39. The van der Waals surface area contributed by atoms with Gasteiger partial charge in [-0.1, -0.05) is 12.1 Å². The second-order valence-electron chi connectivity index (χ2n) is 6.40. The molecule has 0 radical (unpaired) electrons. The molecule has 2 aliphatic carbocycles. The van der Waals surface area contributed by atoms with Crippen LogP contribution in [0.25, 0.3) is 0 Å². The molecule has 1 aromatic carbocycles. The van der Waals surface area contributed by atoms with Crippen LogP contribution in [0.3, 0.4) is 0 Å². The molecular formula is C16H21NO3S. The Kier molecular flexibility index (Phi) is 3.23. The van der Waals surface area contributed by atoms with E-state index in [1.165, 1.54) is 5.56 Å².